The second-order valence-corrected chi connectivity index (χ2v) is 10.1. The van der Waals surface area contributed by atoms with Gasteiger partial charge in [0.15, 0.2) is 5.82 Å². The first-order valence-electron chi connectivity index (χ1n) is 11.9. The van der Waals surface area contributed by atoms with Crippen LogP contribution in [0.3, 0.4) is 0 Å². The highest BCUT2D eigenvalue weighted by molar-refractivity contribution is 6.07. The fraction of sp³-hybridized carbons (Fsp3) is 0.560. The van der Waals surface area contributed by atoms with Gasteiger partial charge in [0.05, 0.1) is 36.3 Å². The van der Waals surface area contributed by atoms with Crippen LogP contribution in [0.2, 0.25) is 0 Å². The largest absolute Gasteiger partial charge is 0.389 e. The van der Waals surface area contributed by atoms with Crippen molar-refractivity contribution in [2.45, 2.75) is 75.5 Å². The number of aromatic nitrogens is 2. The smallest absolute Gasteiger partial charge is 0.223 e. The van der Waals surface area contributed by atoms with Crippen molar-refractivity contribution in [1.82, 2.24) is 9.97 Å². The molecule has 1 spiro atoms. The average molecular weight is 473 g/mol. The predicted octanol–water partition coefficient (Wildman–Crippen LogP) is 4.04. The van der Waals surface area contributed by atoms with Crippen molar-refractivity contribution in [3.8, 4) is 11.3 Å². The van der Waals surface area contributed by atoms with E-state index in [1.165, 1.54) is 6.07 Å². The molecule has 1 saturated heterocycles. The summed E-state index contributed by atoms with van der Waals surface area (Å²) in [6.07, 6.45) is 5.37. The topological polar surface area (TPSA) is 99.9 Å². The second kappa shape index (κ2) is 8.62. The molecule has 0 radical (unpaired) electrons. The van der Waals surface area contributed by atoms with Gasteiger partial charge in [-0.3, -0.25) is 4.99 Å². The molecule has 0 bridgehead atoms. The standard InChI is InChI=1S/C25H30F2N4O3/c1-24(2,33)22-25(7-4-3-5-8-25)15-10-14(11-16(26)21(15)30-22)20-17(27)12-28-23(31-20)29-18-6-9-34-13-19(18)32/h10-12,18-19,32-33H,3-9,13H2,1-2H3,(H,28,29,31)/t18-,19-/m1/s1. The summed E-state index contributed by atoms with van der Waals surface area (Å²) in [6, 6.07) is 2.69. The number of hydrogen-bond donors (Lipinski definition) is 3. The lowest BCUT2D eigenvalue weighted by atomic mass is 9.64. The normalized spacial score (nSPS) is 24.1. The van der Waals surface area contributed by atoms with E-state index in [1.54, 1.807) is 19.9 Å². The van der Waals surface area contributed by atoms with Crippen molar-refractivity contribution in [1.29, 1.82) is 0 Å². The lowest BCUT2D eigenvalue weighted by molar-refractivity contribution is -0.0136. The molecule has 2 atom stereocenters. The minimum atomic E-state index is -1.20. The molecule has 2 aromatic rings. The first-order valence-corrected chi connectivity index (χ1v) is 11.9. The van der Waals surface area contributed by atoms with Gasteiger partial charge in [-0.2, -0.15) is 0 Å². The van der Waals surface area contributed by atoms with Gasteiger partial charge in [-0.25, -0.2) is 18.7 Å². The summed E-state index contributed by atoms with van der Waals surface area (Å²) in [5, 5.41) is 24.1. The van der Waals surface area contributed by atoms with Crippen LogP contribution < -0.4 is 5.32 Å². The maximum atomic E-state index is 15.4. The summed E-state index contributed by atoms with van der Waals surface area (Å²) in [6.45, 7) is 4.05. The lowest BCUT2D eigenvalue weighted by Gasteiger charge is -2.40. The number of hydrogen-bond acceptors (Lipinski definition) is 7. The molecule has 2 fully saturated rings. The van der Waals surface area contributed by atoms with E-state index in [-0.39, 0.29) is 30.0 Å². The van der Waals surface area contributed by atoms with Gasteiger partial charge in [-0.1, -0.05) is 19.3 Å². The number of aliphatic hydroxyl groups is 2. The number of fused-ring (bicyclic) bond motifs is 2. The fourth-order valence-corrected chi connectivity index (χ4v) is 5.64. The van der Waals surface area contributed by atoms with Gasteiger partial charge in [0.2, 0.25) is 5.95 Å². The maximum Gasteiger partial charge on any atom is 0.223 e. The Bertz CT molecular complexity index is 1130. The third kappa shape index (κ3) is 3.99. The molecular weight excluding hydrogens is 442 g/mol. The van der Waals surface area contributed by atoms with E-state index in [4.69, 9.17) is 4.74 Å². The number of ether oxygens (including phenoxy) is 1. The summed E-state index contributed by atoms with van der Waals surface area (Å²) < 4.78 is 35.5. The highest BCUT2D eigenvalue weighted by Gasteiger charge is 2.50. The molecule has 0 amide bonds. The summed E-state index contributed by atoms with van der Waals surface area (Å²) >= 11 is 0. The Hall–Kier alpha value is -2.49. The molecule has 7 nitrogen and oxygen atoms in total. The van der Waals surface area contributed by atoms with Crippen molar-refractivity contribution in [3.63, 3.8) is 0 Å². The highest BCUT2D eigenvalue weighted by Crippen LogP contribution is 2.53. The molecule has 5 rings (SSSR count). The second-order valence-electron chi connectivity index (χ2n) is 10.1. The van der Waals surface area contributed by atoms with Crippen LogP contribution in [0.15, 0.2) is 23.3 Å². The Kier molecular flexibility index (Phi) is 5.90. The number of nitrogens with zero attached hydrogens (tertiary/aromatic N) is 3. The van der Waals surface area contributed by atoms with E-state index in [9.17, 15) is 14.6 Å². The van der Waals surface area contributed by atoms with Crippen LogP contribution in [-0.4, -0.2) is 56.9 Å². The molecule has 1 aromatic heterocycles. The first-order chi connectivity index (χ1) is 16.2. The minimum Gasteiger partial charge on any atom is -0.389 e. The molecule has 2 aliphatic heterocycles. The zero-order valence-electron chi connectivity index (χ0n) is 19.4. The molecule has 34 heavy (non-hydrogen) atoms. The van der Waals surface area contributed by atoms with Crippen LogP contribution in [-0.2, 0) is 10.2 Å². The van der Waals surface area contributed by atoms with Gasteiger partial charge in [0.25, 0.3) is 0 Å². The summed E-state index contributed by atoms with van der Waals surface area (Å²) in [7, 11) is 0. The minimum absolute atomic E-state index is 0.0246. The van der Waals surface area contributed by atoms with Crippen LogP contribution in [0.1, 0.15) is 57.9 Å². The van der Waals surface area contributed by atoms with Crippen LogP contribution in [0, 0.1) is 11.6 Å². The summed E-state index contributed by atoms with van der Waals surface area (Å²) in [5.41, 5.74) is -0.0192. The number of nitrogens with one attached hydrogen (secondary N) is 1. The van der Waals surface area contributed by atoms with Crippen LogP contribution in [0.4, 0.5) is 20.4 Å². The molecule has 9 heteroatoms. The molecule has 182 valence electrons. The molecule has 1 aliphatic carbocycles. The number of halogens is 2. The van der Waals surface area contributed by atoms with E-state index in [0.29, 0.717) is 29.9 Å². The van der Waals surface area contributed by atoms with Crippen molar-refractivity contribution in [2.24, 2.45) is 4.99 Å². The first kappa shape index (κ1) is 23.3. The van der Waals surface area contributed by atoms with E-state index in [2.05, 4.69) is 20.3 Å². The summed E-state index contributed by atoms with van der Waals surface area (Å²) in [5.74, 6) is -1.08. The van der Waals surface area contributed by atoms with Gasteiger partial charge >= 0.3 is 0 Å². The Morgan fingerprint density at radius 1 is 1.15 bits per heavy atom. The Morgan fingerprint density at radius 2 is 1.91 bits per heavy atom. The number of benzene rings is 1. The highest BCUT2D eigenvalue weighted by atomic mass is 19.1. The monoisotopic (exact) mass is 472 g/mol. The number of aliphatic hydroxyl groups excluding tert-OH is 1. The van der Waals surface area contributed by atoms with Crippen LogP contribution >= 0.6 is 0 Å². The zero-order valence-corrected chi connectivity index (χ0v) is 19.4. The SMILES string of the molecule is CC(C)(O)C1=Nc2c(F)cc(-c3nc(N[C@@H]4CCOC[C@H]4O)ncc3F)cc2C12CCCCC2. The lowest BCUT2D eigenvalue weighted by Crippen LogP contribution is -2.47. The van der Waals surface area contributed by atoms with Gasteiger partial charge < -0.3 is 20.3 Å². The molecule has 3 N–H and O–H groups in total. The van der Waals surface area contributed by atoms with E-state index in [1.807, 2.05) is 0 Å². The average Bonchev–Trinajstić information content (AvgIpc) is 3.11. The van der Waals surface area contributed by atoms with Gasteiger partial charge in [0.1, 0.15) is 17.2 Å². The van der Waals surface area contributed by atoms with Crippen LogP contribution in [0.25, 0.3) is 11.3 Å². The number of aliphatic imine (C=N–C) groups is 1. The van der Waals surface area contributed by atoms with E-state index in [0.717, 1.165) is 38.3 Å². The van der Waals surface area contributed by atoms with Gasteiger partial charge in [-0.15, -0.1) is 0 Å². The zero-order chi connectivity index (χ0) is 24.1. The Balaban J connectivity index is 1.55. The van der Waals surface area contributed by atoms with E-state index < -0.39 is 28.8 Å². The van der Waals surface area contributed by atoms with Crippen molar-refractivity contribution in [2.75, 3.05) is 18.5 Å². The quantitative estimate of drug-likeness (QED) is 0.621. The van der Waals surface area contributed by atoms with Crippen molar-refractivity contribution in [3.05, 3.63) is 35.5 Å². The van der Waals surface area contributed by atoms with Crippen molar-refractivity contribution < 1.29 is 23.7 Å². The molecule has 1 saturated carbocycles. The predicted molar refractivity (Wildman–Crippen MR) is 124 cm³/mol. The molecule has 0 unspecified atom stereocenters. The van der Waals surface area contributed by atoms with E-state index >= 15 is 4.39 Å². The third-order valence-corrected chi connectivity index (χ3v) is 7.20. The number of rotatable bonds is 4. The fourth-order valence-electron chi connectivity index (χ4n) is 5.64. The van der Waals surface area contributed by atoms with Gasteiger partial charge in [-0.05, 0) is 50.8 Å². The van der Waals surface area contributed by atoms with Crippen molar-refractivity contribution >= 4 is 17.3 Å². The molecule has 1 aromatic carbocycles. The Morgan fingerprint density at radius 3 is 2.62 bits per heavy atom. The summed E-state index contributed by atoms with van der Waals surface area (Å²) in [4.78, 5) is 12.9. The Labute approximate surface area is 197 Å². The third-order valence-electron chi connectivity index (χ3n) is 7.20. The molecule has 3 aliphatic rings. The molecular formula is C25H30F2N4O3. The number of anilines is 1. The molecule has 3 heterocycles. The van der Waals surface area contributed by atoms with Gasteiger partial charge in [0, 0.05) is 17.6 Å². The maximum absolute atomic E-state index is 15.4. The van der Waals surface area contributed by atoms with Crippen LogP contribution in [0.5, 0.6) is 0 Å².